The Labute approximate surface area is 161 Å². The molecule has 0 spiro atoms. The van der Waals surface area contributed by atoms with Crippen molar-refractivity contribution >= 4 is 12.2 Å². The van der Waals surface area contributed by atoms with E-state index in [4.69, 9.17) is 0 Å². The van der Waals surface area contributed by atoms with Gasteiger partial charge in [0.25, 0.3) is 0 Å². The zero-order valence-electron chi connectivity index (χ0n) is 17.4. The first-order valence-corrected chi connectivity index (χ1v) is 9.56. The van der Waals surface area contributed by atoms with E-state index in [1.54, 1.807) is 0 Å². The Morgan fingerprint density at radius 1 is 1.19 bits per heavy atom. The molecule has 0 aliphatic rings. The maximum absolute atomic E-state index is 3.83. The van der Waals surface area contributed by atoms with Crippen molar-refractivity contribution in [3.63, 3.8) is 0 Å². The van der Waals surface area contributed by atoms with Gasteiger partial charge in [-0.3, -0.25) is 0 Å². The molecule has 0 amide bonds. The quantitative estimate of drug-likeness (QED) is 0.387. The van der Waals surface area contributed by atoms with E-state index in [9.17, 15) is 0 Å². The van der Waals surface area contributed by atoms with Crippen LogP contribution in [0.3, 0.4) is 0 Å². The second-order valence-corrected chi connectivity index (χ2v) is 6.83. The number of hydrogen-bond donors (Lipinski definition) is 0. The molecular weight excluding hydrogens is 313 g/mol. The number of hydrogen-bond acceptors (Lipinski definition) is 1. The Bertz CT molecular complexity index is 707. The van der Waals surface area contributed by atoms with E-state index in [0.717, 1.165) is 6.42 Å². The van der Waals surface area contributed by atoms with Crippen LogP contribution < -0.4 is 5.46 Å². The van der Waals surface area contributed by atoms with Gasteiger partial charge in [0.1, 0.15) is 0 Å². The lowest BCUT2D eigenvalue weighted by atomic mass is 9.41. The zero-order valence-corrected chi connectivity index (χ0v) is 17.4. The minimum absolute atomic E-state index is 0.353. The van der Waals surface area contributed by atoms with Crippen molar-refractivity contribution in [2.75, 3.05) is 7.05 Å². The van der Waals surface area contributed by atoms with E-state index in [0.29, 0.717) is 6.71 Å². The molecule has 0 fully saturated rings. The monoisotopic (exact) mass is 347 g/mol. The minimum Gasteiger partial charge on any atom is -0.349 e. The molecule has 0 aromatic heterocycles. The average molecular weight is 347 g/mol. The zero-order chi connectivity index (χ0) is 19.5. The molecule has 0 radical (unpaired) electrons. The van der Waals surface area contributed by atoms with Gasteiger partial charge < -0.3 is 4.90 Å². The van der Waals surface area contributed by atoms with Crippen molar-refractivity contribution in [2.45, 2.75) is 47.4 Å². The second kappa shape index (κ2) is 11.4. The molecule has 0 N–H and O–H groups in total. The summed E-state index contributed by atoms with van der Waals surface area (Å²) in [4.78, 5) is 2.26. The Kier molecular flexibility index (Phi) is 9.58. The van der Waals surface area contributed by atoms with E-state index >= 15 is 0 Å². The summed E-state index contributed by atoms with van der Waals surface area (Å²) in [5.41, 5.74) is 6.51. The number of unbranched alkanes of at least 4 members (excludes halogenated alkanes) is 1. The topological polar surface area (TPSA) is 3.24 Å². The molecule has 0 atom stereocenters. The molecular formula is C24H34BN. The fraction of sp³-hybridized carbons (Fsp3) is 0.333. The Morgan fingerprint density at radius 2 is 1.88 bits per heavy atom. The standard InChI is InChI=1S/C24H34BN/c1-8-10-12-13-17-21(4)26(7)24(19-11-9-2)22(5)25(6)23-18-15-14-16-20(23)3/h9,11-19H,2,8,10H2,1,3-7H3/b13-12-,19-11-,21-17+,24-22-. The predicted molar refractivity (Wildman–Crippen MR) is 120 cm³/mol. The molecule has 1 rings (SSSR count). The van der Waals surface area contributed by atoms with Gasteiger partial charge in [0.15, 0.2) is 0 Å². The summed E-state index contributed by atoms with van der Waals surface area (Å²) in [6.07, 6.45) is 14.9. The van der Waals surface area contributed by atoms with Gasteiger partial charge in [-0.2, -0.15) is 0 Å². The summed E-state index contributed by atoms with van der Waals surface area (Å²) in [5.74, 6) is 0. The third-order valence-corrected chi connectivity index (χ3v) is 4.92. The summed E-state index contributed by atoms with van der Waals surface area (Å²) >= 11 is 0. The smallest absolute Gasteiger partial charge is 0.203 e. The van der Waals surface area contributed by atoms with Crippen LogP contribution >= 0.6 is 0 Å². The number of allylic oxidation sites excluding steroid dienone is 8. The highest BCUT2D eigenvalue weighted by Gasteiger charge is 2.18. The highest BCUT2D eigenvalue weighted by atomic mass is 15.1. The number of benzene rings is 1. The lowest BCUT2D eigenvalue weighted by molar-refractivity contribution is 0.534. The van der Waals surface area contributed by atoms with Gasteiger partial charge in [-0.05, 0) is 39.3 Å². The molecule has 1 aromatic carbocycles. The molecule has 0 saturated carbocycles. The summed E-state index contributed by atoms with van der Waals surface area (Å²) in [6, 6.07) is 8.64. The lowest BCUT2D eigenvalue weighted by Crippen LogP contribution is -2.33. The van der Waals surface area contributed by atoms with Crippen LogP contribution in [0, 0.1) is 6.92 Å². The van der Waals surface area contributed by atoms with Gasteiger partial charge >= 0.3 is 0 Å². The van der Waals surface area contributed by atoms with Crippen LogP contribution in [0.1, 0.15) is 39.2 Å². The third-order valence-electron chi connectivity index (χ3n) is 4.92. The van der Waals surface area contributed by atoms with Gasteiger partial charge in [-0.25, -0.2) is 0 Å². The Morgan fingerprint density at radius 3 is 2.50 bits per heavy atom. The molecule has 0 heterocycles. The number of likely N-dealkylation sites (N-methyl/N-ethyl adjacent to an activating group) is 1. The molecule has 26 heavy (non-hydrogen) atoms. The first-order chi connectivity index (χ1) is 12.4. The molecule has 0 aliphatic heterocycles. The van der Waals surface area contributed by atoms with Crippen LogP contribution in [0.2, 0.25) is 6.82 Å². The predicted octanol–water partition coefficient (Wildman–Crippen LogP) is 6.07. The summed E-state index contributed by atoms with van der Waals surface area (Å²) in [7, 11) is 2.14. The number of aryl methyl sites for hydroxylation is 1. The Hall–Kier alpha value is -2.22. The van der Waals surface area contributed by atoms with Crippen molar-refractivity contribution in [3.05, 3.63) is 89.7 Å². The van der Waals surface area contributed by atoms with Gasteiger partial charge in [0.2, 0.25) is 6.71 Å². The van der Waals surface area contributed by atoms with E-state index < -0.39 is 0 Å². The van der Waals surface area contributed by atoms with Crippen LogP contribution in [0.25, 0.3) is 0 Å². The van der Waals surface area contributed by atoms with Crippen molar-refractivity contribution in [3.8, 4) is 0 Å². The maximum atomic E-state index is 3.83. The molecule has 0 bridgehead atoms. The fourth-order valence-corrected chi connectivity index (χ4v) is 2.97. The SMILES string of the molecule is C=C/C=C\C(=C(/C)B(C)c1ccccc1C)N(C)/C(C)=C/C=C\CCC. The maximum Gasteiger partial charge on any atom is 0.203 e. The molecule has 1 nitrogen and oxygen atoms in total. The Balaban J connectivity index is 3.25. The molecule has 0 saturated heterocycles. The van der Waals surface area contributed by atoms with Gasteiger partial charge in [-0.1, -0.05) is 91.8 Å². The second-order valence-electron chi connectivity index (χ2n) is 6.83. The van der Waals surface area contributed by atoms with Gasteiger partial charge in [0, 0.05) is 18.4 Å². The van der Waals surface area contributed by atoms with E-state index in [1.165, 1.54) is 34.3 Å². The number of nitrogens with zero attached hydrogens (tertiary/aromatic N) is 1. The molecule has 138 valence electrons. The van der Waals surface area contributed by atoms with Gasteiger partial charge in [0.05, 0.1) is 0 Å². The highest BCUT2D eigenvalue weighted by Crippen LogP contribution is 2.19. The first-order valence-electron chi connectivity index (χ1n) is 9.56. The van der Waals surface area contributed by atoms with Crippen LogP contribution in [0.5, 0.6) is 0 Å². The highest BCUT2D eigenvalue weighted by molar-refractivity contribution is 6.79. The van der Waals surface area contributed by atoms with Crippen LogP contribution in [-0.2, 0) is 0 Å². The van der Waals surface area contributed by atoms with E-state index in [1.807, 2.05) is 12.2 Å². The average Bonchev–Trinajstić information content (AvgIpc) is 2.64. The number of rotatable bonds is 9. The normalized spacial score (nSPS) is 13.2. The summed E-state index contributed by atoms with van der Waals surface area (Å²) in [5, 5.41) is 0. The van der Waals surface area contributed by atoms with Crippen molar-refractivity contribution in [1.82, 2.24) is 4.90 Å². The lowest BCUT2D eigenvalue weighted by Gasteiger charge is -2.26. The van der Waals surface area contributed by atoms with Crippen molar-refractivity contribution in [2.24, 2.45) is 0 Å². The summed E-state index contributed by atoms with van der Waals surface area (Å²) < 4.78 is 0. The fourth-order valence-electron chi connectivity index (χ4n) is 2.97. The van der Waals surface area contributed by atoms with E-state index in [2.05, 4.69) is 102 Å². The first kappa shape index (κ1) is 21.8. The van der Waals surface area contributed by atoms with E-state index in [-0.39, 0.29) is 0 Å². The molecule has 0 aliphatic carbocycles. The summed E-state index contributed by atoms with van der Waals surface area (Å²) in [6.45, 7) is 15.2. The molecule has 0 unspecified atom stereocenters. The van der Waals surface area contributed by atoms with Crippen LogP contribution in [0.15, 0.2) is 84.2 Å². The van der Waals surface area contributed by atoms with Gasteiger partial charge in [-0.15, -0.1) is 0 Å². The van der Waals surface area contributed by atoms with Crippen LogP contribution in [-0.4, -0.2) is 18.7 Å². The molecule has 2 heteroatoms. The van der Waals surface area contributed by atoms with Crippen molar-refractivity contribution in [1.29, 1.82) is 0 Å². The largest absolute Gasteiger partial charge is 0.349 e. The minimum atomic E-state index is 0.353. The molecule has 1 aromatic rings. The third kappa shape index (κ3) is 6.26. The van der Waals surface area contributed by atoms with Crippen molar-refractivity contribution < 1.29 is 0 Å². The van der Waals surface area contributed by atoms with Crippen LogP contribution in [0.4, 0.5) is 0 Å².